The van der Waals surface area contributed by atoms with E-state index in [1.165, 1.54) is 0 Å². The van der Waals surface area contributed by atoms with E-state index < -0.39 is 0 Å². The van der Waals surface area contributed by atoms with Gasteiger partial charge in [-0.1, -0.05) is 13.0 Å². The van der Waals surface area contributed by atoms with Gasteiger partial charge in [-0.05, 0) is 31.5 Å². The number of aromatic nitrogens is 1. The molecule has 0 saturated carbocycles. The van der Waals surface area contributed by atoms with Crippen molar-refractivity contribution in [2.24, 2.45) is 5.92 Å². The second kappa shape index (κ2) is 6.16. The summed E-state index contributed by atoms with van der Waals surface area (Å²) in [5.41, 5.74) is 1.09. The summed E-state index contributed by atoms with van der Waals surface area (Å²) in [6.07, 6.45) is 1.48. The van der Waals surface area contributed by atoms with Crippen molar-refractivity contribution in [3.8, 4) is 0 Å². The Labute approximate surface area is 109 Å². The van der Waals surface area contributed by atoms with Crippen LogP contribution >= 0.6 is 0 Å². The molecule has 1 saturated heterocycles. The van der Waals surface area contributed by atoms with E-state index in [9.17, 15) is 0 Å². The normalized spacial score (nSPS) is 24.3. The van der Waals surface area contributed by atoms with Crippen LogP contribution in [0.25, 0.3) is 0 Å². The molecule has 1 aromatic rings. The minimum Gasteiger partial charge on any atom is -0.379 e. The number of methoxy groups -OCH3 is 1. The SMILES string of the molecule is CNCc1cccc(N2CCC(C)C(OC)C2)n1. The zero-order chi connectivity index (χ0) is 13.0. The third-order valence-corrected chi connectivity index (χ3v) is 3.67. The summed E-state index contributed by atoms with van der Waals surface area (Å²) in [6.45, 7) is 5.08. The predicted octanol–water partition coefficient (Wildman–Crippen LogP) is 1.66. The van der Waals surface area contributed by atoms with Crippen LogP contribution in [0.3, 0.4) is 0 Å². The third-order valence-electron chi connectivity index (χ3n) is 3.67. The maximum atomic E-state index is 5.55. The molecule has 100 valence electrons. The van der Waals surface area contributed by atoms with Gasteiger partial charge in [-0.2, -0.15) is 0 Å². The summed E-state index contributed by atoms with van der Waals surface area (Å²) in [5, 5.41) is 3.14. The first-order valence-electron chi connectivity index (χ1n) is 6.63. The molecule has 1 aromatic heterocycles. The maximum Gasteiger partial charge on any atom is 0.128 e. The number of ether oxygens (including phenoxy) is 1. The number of anilines is 1. The molecule has 2 unspecified atom stereocenters. The lowest BCUT2D eigenvalue weighted by molar-refractivity contribution is 0.0496. The van der Waals surface area contributed by atoms with Gasteiger partial charge in [0.15, 0.2) is 0 Å². The number of nitrogens with zero attached hydrogens (tertiary/aromatic N) is 2. The molecule has 0 amide bonds. The van der Waals surface area contributed by atoms with Crippen LogP contribution in [0.1, 0.15) is 19.0 Å². The molecule has 0 spiro atoms. The highest BCUT2D eigenvalue weighted by molar-refractivity contribution is 5.40. The van der Waals surface area contributed by atoms with E-state index in [4.69, 9.17) is 4.74 Å². The van der Waals surface area contributed by atoms with Crippen LogP contribution in [0.5, 0.6) is 0 Å². The summed E-state index contributed by atoms with van der Waals surface area (Å²) in [4.78, 5) is 7.01. The molecule has 18 heavy (non-hydrogen) atoms. The van der Waals surface area contributed by atoms with Crippen molar-refractivity contribution in [1.82, 2.24) is 10.3 Å². The lowest BCUT2D eigenvalue weighted by Gasteiger charge is -2.37. The summed E-state index contributed by atoms with van der Waals surface area (Å²) in [7, 11) is 3.74. The number of hydrogen-bond donors (Lipinski definition) is 1. The molecule has 0 radical (unpaired) electrons. The van der Waals surface area contributed by atoms with Gasteiger partial charge in [0.25, 0.3) is 0 Å². The van der Waals surface area contributed by atoms with Crippen molar-refractivity contribution in [3.63, 3.8) is 0 Å². The summed E-state index contributed by atoms with van der Waals surface area (Å²) in [5.74, 6) is 1.70. The first-order chi connectivity index (χ1) is 8.74. The van der Waals surface area contributed by atoms with Crippen molar-refractivity contribution in [3.05, 3.63) is 23.9 Å². The Hall–Kier alpha value is -1.13. The van der Waals surface area contributed by atoms with Gasteiger partial charge >= 0.3 is 0 Å². The fourth-order valence-corrected chi connectivity index (χ4v) is 2.47. The Morgan fingerprint density at radius 1 is 1.50 bits per heavy atom. The van der Waals surface area contributed by atoms with E-state index in [1.54, 1.807) is 7.11 Å². The van der Waals surface area contributed by atoms with Crippen LogP contribution in [0.2, 0.25) is 0 Å². The van der Waals surface area contributed by atoms with Crippen LogP contribution < -0.4 is 10.2 Å². The predicted molar refractivity (Wildman–Crippen MR) is 73.8 cm³/mol. The Morgan fingerprint density at radius 3 is 3.06 bits per heavy atom. The Kier molecular flexibility index (Phi) is 4.55. The standard InChI is InChI=1S/C14H23N3O/c1-11-7-8-17(10-13(11)18-3)14-6-4-5-12(16-14)9-15-2/h4-6,11,13,15H,7-10H2,1-3H3. The molecule has 0 aliphatic carbocycles. The molecule has 1 aliphatic heterocycles. The second-order valence-electron chi connectivity index (χ2n) is 5.00. The highest BCUT2D eigenvalue weighted by atomic mass is 16.5. The second-order valence-corrected chi connectivity index (χ2v) is 5.00. The van der Waals surface area contributed by atoms with Gasteiger partial charge in [-0.3, -0.25) is 0 Å². The maximum absolute atomic E-state index is 5.55. The van der Waals surface area contributed by atoms with Gasteiger partial charge in [0.1, 0.15) is 5.82 Å². The van der Waals surface area contributed by atoms with E-state index >= 15 is 0 Å². The van der Waals surface area contributed by atoms with Crippen LogP contribution in [0.15, 0.2) is 18.2 Å². The fourth-order valence-electron chi connectivity index (χ4n) is 2.47. The number of hydrogen-bond acceptors (Lipinski definition) is 4. The Bertz CT molecular complexity index is 383. The number of nitrogens with one attached hydrogen (secondary N) is 1. The largest absolute Gasteiger partial charge is 0.379 e. The van der Waals surface area contributed by atoms with Crippen LogP contribution in [-0.4, -0.2) is 38.3 Å². The minimum absolute atomic E-state index is 0.313. The number of piperidine rings is 1. The molecule has 1 fully saturated rings. The minimum atomic E-state index is 0.313. The smallest absolute Gasteiger partial charge is 0.128 e. The van der Waals surface area contributed by atoms with E-state index in [-0.39, 0.29) is 0 Å². The van der Waals surface area contributed by atoms with Crippen molar-refractivity contribution >= 4 is 5.82 Å². The van der Waals surface area contributed by atoms with Crippen LogP contribution in [-0.2, 0) is 11.3 Å². The molecule has 4 nitrogen and oxygen atoms in total. The van der Waals surface area contributed by atoms with Gasteiger partial charge < -0.3 is 15.0 Å². The van der Waals surface area contributed by atoms with Gasteiger partial charge in [0.2, 0.25) is 0 Å². The van der Waals surface area contributed by atoms with Crippen molar-refractivity contribution in [2.45, 2.75) is 26.0 Å². The van der Waals surface area contributed by atoms with E-state index in [0.29, 0.717) is 12.0 Å². The zero-order valence-electron chi connectivity index (χ0n) is 11.5. The third kappa shape index (κ3) is 3.00. The number of pyridine rings is 1. The average Bonchev–Trinajstić information content (AvgIpc) is 2.40. The van der Waals surface area contributed by atoms with E-state index in [2.05, 4.69) is 40.3 Å². The van der Waals surface area contributed by atoms with Gasteiger partial charge in [0, 0.05) is 26.7 Å². The monoisotopic (exact) mass is 249 g/mol. The molecule has 2 heterocycles. The molecule has 2 atom stereocenters. The highest BCUT2D eigenvalue weighted by Gasteiger charge is 2.26. The first kappa shape index (κ1) is 13.3. The van der Waals surface area contributed by atoms with E-state index in [0.717, 1.165) is 37.6 Å². The average molecular weight is 249 g/mol. The lowest BCUT2D eigenvalue weighted by atomic mass is 9.96. The van der Waals surface area contributed by atoms with E-state index in [1.807, 2.05) is 7.05 Å². The molecule has 1 aliphatic rings. The molecular weight excluding hydrogens is 226 g/mol. The van der Waals surface area contributed by atoms with Gasteiger partial charge in [0.05, 0.1) is 11.8 Å². The van der Waals surface area contributed by atoms with Crippen molar-refractivity contribution < 1.29 is 4.74 Å². The lowest BCUT2D eigenvalue weighted by Crippen LogP contribution is -2.44. The molecule has 0 aromatic carbocycles. The summed E-state index contributed by atoms with van der Waals surface area (Å²) in [6, 6.07) is 6.22. The quantitative estimate of drug-likeness (QED) is 0.880. The van der Waals surface area contributed by atoms with Crippen molar-refractivity contribution in [1.29, 1.82) is 0 Å². The first-order valence-corrected chi connectivity index (χ1v) is 6.63. The fraction of sp³-hybridized carbons (Fsp3) is 0.643. The molecule has 0 bridgehead atoms. The van der Waals surface area contributed by atoms with Gasteiger partial charge in [-0.15, -0.1) is 0 Å². The van der Waals surface area contributed by atoms with Crippen LogP contribution in [0.4, 0.5) is 5.82 Å². The van der Waals surface area contributed by atoms with Crippen molar-refractivity contribution in [2.75, 3.05) is 32.1 Å². The Morgan fingerprint density at radius 2 is 2.33 bits per heavy atom. The molecule has 2 rings (SSSR count). The van der Waals surface area contributed by atoms with Gasteiger partial charge in [-0.25, -0.2) is 4.98 Å². The Balaban J connectivity index is 2.09. The molecule has 1 N–H and O–H groups in total. The summed E-state index contributed by atoms with van der Waals surface area (Å²) >= 11 is 0. The molecular formula is C14H23N3O. The van der Waals surface area contributed by atoms with Crippen LogP contribution in [0, 0.1) is 5.92 Å². The topological polar surface area (TPSA) is 37.4 Å². The zero-order valence-corrected chi connectivity index (χ0v) is 11.5. The summed E-state index contributed by atoms with van der Waals surface area (Å²) < 4.78 is 5.55. The molecule has 4 heteroatoms. The highest BCUT2D eigenvalue weighted by Crippen LogP contribution is 2.23. The number of rotatable bonds is 4.